The summed E-state index contributed by atoms with van der Waals surface area (Å²) in [6.07, 6.45) is 13.5. The summed E-state index contributed by atoms with van der Waals surface area (Å²) in [6, 6.07) is 0. The quantitative estimate of drug-likeness (QED) is 0.144. The highest BCUT2D eigenvalue weighted by atomic mass is 19.3. The molecular formula is C50H101F5N2O2. The number of halogens is 5. The smallest absolute Gasteiger partial charge is 0.348 e. The number of likely N-dealkylation sites (tertiary alicyclic amines) is 2. The van der Waals surface area contributed by atoms with Crippen LogP contribution in [-0.4, -0.2) is 87.1 Å². The Morgan fingerprint density at radius 3 is 1.22 bits per heavy atom. The van der Waals surface area contributed by atoms with Crippen LogP contribution in [0.25, 0.3) is 0 Å². The molecule has 0 spiro atoms. The third-order valence-corrected chi connectivity index (χ3v) is 11.4. The van der Waals surface area contributed by atoms with E-state index in [1.54, 1.807) is 0 Å². The van der Waals surface area contributed by atoms with E-state index in [1.165, 1.54) is 65.0 Å². The molecule has 0 bridgehead atoms. The van der Waals surface area contributed by atoms with Crippen molar-refractivity contribution in [2.45, 2.75) is 223 Å². The minimum Gasteiger partial charge on any atom is -0.348 e. The van der Waals surface area contributed by atoms with E-state index in [9.17, 15) is 22.0 Å². The fraction of sp³-hybridized carbons (Fsp3) is 1.00. The molecule has 0 radical (unpaired) electrons. The molecule has 0 N–H and O–H groups in total. The van der Waals surface area contributed by atoms with E-state index in [2.05, 4.69) is 103 Å². The molecule has 2 aliphatic carbocycles. The van der Waals surface area contributed by atoms with Crippen molar-refractivity contribution in [1.29, 1.82) is 0 Å². The van der Waals surface area contributed by atoms with Gasteiger partial charge in [-0.25, -0.2) is 13.2 Å². The summed E-state index contributed by atoms with van der Waals surface area (Å²) < 4.78 is 71.9. The number of rotatable bonds is 16. The fourth-order valence-corrected chi connectivity index (χ4v) is 7.75. The van der Waals surface area contributed by atoms with Gasteiger partial charge in [-0.05, 0) is 165 Å². The van der Waals surface area contributed by atoms with Gasteiger partial charge in [0.2, 0.25) is 0 Å². The largest absolute Gasteiger partial charge is 0.352 e. The monoisotopic (exact) mass is 857 g/mol. The van der Waals surface area contributed by atoms with Crippen LogP contribution in [0.2, 0.25) is 0 Å². The zero-order chi connectivity index (χ0) is 45.8. The third kappa shape index (κ3) is 40.0. The molecule has 4 nitrogen and oxygen atoms in total. The lowest BCUT2D eigenvalue weighted by atomic mass is 9.77. The van der Waals surface area contributed by atoms with E-state index >= 15 is 0 Å². The maximum Gasteiger partial charge on any atom is 0.352 e. The SMILES string of the molecule is CC(C)CC1(F)CCC1.CC(C)CC1(F)CCN(C)CC1.CC(C)CC1CCC1.CC(C)CC1CCN(C)CC1.CC(C)CCOC(C)(F)F.CC(C)CCOC(C)F. The lowest BCUT2D eigenvalue weighted by molar-refractivity contribution is -0.225. The molecule has 59 heavy (non-hydrogen) atoms. The molecule has 358 valence electrons. The molecule has 4 fully saturated rings. The number of hydrogen-bond donors (Lipinski definition) is 0. The number of alkyl halides is 5. The molecule has 9 heteroatoms. The Kier molecular flexibility index (Phi) is 33.9. The Balaban J connectivity index is 0. The summed E-state index contributed by atoms with van der Waals surface area (Å²) in [6.45, 7) is 33.1. The summed E-state index contributed by atoms with van der Waals surface area (Å²) in [5, 5.41) is 0. The number of nitrogens with zero attached hydrogens (tertiary/aromatic N) is 2. The van der Waals surface area contributed by atoms with Crippen molar-refractivity contribution in [1.82, 2.24) is 9.80 Å². The molecule has 2 heterocycles. The highest BCUT2D eigenvalue weighted by molar-refractivity contribution is 4.88. The van der Waals surface area contributed by atoms with Gasteiger partial charge in [-0.2, -0.15) is 8.78 Å². The molecular weight excluding hydrogens is 756 g/mol. The Morgan fingerprint density at radius 1 is 0.542 bits per heavy atom. The van der Waals surface area contributed by atoms with Gasteiger partial charge < -0.3 is 19.3 Å². The number of hydrogen-bond acceptors (Lipinski definition) is 4. The van der Waals surface area contributed by atoms with Gasteiger partial charge in [-0.1, -0.05) is 102 Å². The topological polar surface area (TPSA) is 24.9 Å². The van der Waals surface area contributed by atoms with Crippen molar-refractivity contribution < 1.29 is 31.4 Å². The number of ether oxygens (including phenoxy) is 2. The van der Waals surface area contributed by atoms with E-state index in [-0.39, 0.29) is 6.61 Å². The standard InChI is InChI=1S/C10H20FN.C10H21N.C8H15F.C8H16.C7H14F2O.C7H15FO/c1-9(2)8-10(11)4-6-12(3)7-5-10;1-9(2)8-10-4-6-11(3)7-5-10;1-7(2)6-8(9)4-3-5-8;1-7(2)6-8-4-3-5-8;1-6(2)4-5-10-7(3,8)9;1-6(2)4-5-9-7(3)8/h9H,4-8H2,1-3H3;9-10H,4-8H2,1-3H3;7H,3-6H2,1-2H3;7-8H,3-6H2,1-2H3;6H,4-5H2,1-3H3;6-7H,4-5H2,1-3H3. The average molecular weight is 857 g/mol. The zero-order valence-electron chi connectivity index (χ0n) is 41.9. The molecule has 2 aliphatic heterocycles. The van der Waals surface area contributed by atoms with Gasteiger partial charge in [0.25, 0.3) is 0 Å². The van der Waals surface area contributed by atoms with Crippen molar-refractivity contribution in [2.24, 2.45) is 47.3 Å². The van der Waals surface area contributed by atoms with Gasteiger partial charge in [-0.15, -0.1) is 0 Å². The molecule has 0 aromatic rings. The third-order valence-electron chi connectivity index (χ3n) is 11.4. The first-order valence-corrected chi connectivity index (χ1v) is 24.2. The second kappa shape index (κ2) is 33.1. The highest BCUT2D eigenvalue weighted by Crippen LogP contribution is 2.40. The van der Waals surface area contributed by atoms with Crippen LogP contribution >= 0.6 is 0 Å². The van der Waals surface area contributed by atoms with E-state index in [1.807, 2.05) is 13.8 Å². The normalized spacial score (nSPS) is 20.2. The van der Waals surface area contributed by atoms with Gasteiger partial charge >= 0.3 is 6.11 Å². The minimum absolute atomic E-state index is 0.140. The van der Waals surface area contributed by atoms with E-state index in [0.29, 0.717) is 36.7 Å². The highest BCUT2D eigenvalue weighted by Gasteiger charge is 2.37. The first-order chi connectivity index (χ1) is 27.2. The van der Waals surface area contributed by atoms with Crippen LogP contribution in [0.15, 0.2) is 0 Å². The summed E-state index contributed by atoms with van der Waals surface area (Å²) in [5.74, 6) is 5.98. The maximum atomic E-state index is 14.0. The molecule has 1 unspecified atom stereocenters. The summed E-state index contributed by atoms with van der Waals surface area (Å²) in [5.41, 5.74) is -1.62. The molecule has 1 atom stereocenters. The first-order valence-electron chi connectivity index (χ1n) is 24.2. The molecule has 4 rings (SSSR count). The molecule has 2 saturated carbocycles. The molecule has 0 aromatic heterocycles. The summed E-state index contributed by atoms with van der Waals surface area (Å²) >= 11 is 0. The predicted molar refractivity (Wildman–Crippen MR) is 246 cm³/mol. The van der Waals surface area contributed by atoms with Crippen LogP contribution in [-0.2, 0) is 9.47 Å². The summed E-state index contributed by atoms with van der Waals surface area (Å²) in [7, 11) is 4.29. The van der Waals surface area contributed by atoms with Crippen LogP contribution in [0.3, 0.4) is 0 Å². The minimum atomic E-state index is -2.96. The molecule has 0 amide bonds. The maximum absolute atomic E-state index is 14.0. The van der Waals surface area contributed by atoms with E-state index in [4.69, 9.17) is 0 Å². The van der Waals surface area contributed by atoms with Crippen LogP contribution in [0, 0.1) is 47.3 Å². The molecule has 2 saturated heterocycles. The predicted octanol–water partition coefficient (Wildman–Crippen LogP) is 15.6. The van der Waals surface area contributed by atoms with Gasteiger partial charge in [0.15, 0.2) is 6.36 Å². The number of piperidine rings is 2. The Bertz CT molecular complexity index is 924. The van der Waals surface area contributed by atoms with Crippen LogP contribution in [0.5, 0.6) is 0 Å². The van der Waals surface area contributed by atoms with Crippen molar-refractivity contribution in [3.63, 3.8) is 0 Å². The molecule has 0 aromatic carbocycles. The first kappa shape index (κ1) is 60.6. The second-order valence-corrected chi connectivity index (χ2v) is 21.4. The Labute approximate surface area is 364 Å². The fourth-order valence-electron chi connectivity index (χ4n) is 7.75. The van der Waals surface area contributed by atoms with Crippen molar-refractivity contribution in [2.75, 3.05) is 53.5 Å². The lowest BCUT2D eigenvalue weighted by Crippen LogP contribution is -2.40. The van der Waals surface area contributed by atoms with E-state index < -0.39 is 23.8 Å². The van der Waals surface area contributed by atoms with Gasteiger partial charge in [0, 0.05) is 20.0 Å². The average Bonchev–Trinajstić information content (AvgIpc) is 3.04. The van der Waals surface area contributed by atoms with Crippen molar-refractivity contribution in [3.8, 4) is 0 Å². The van der Waals surface area contributed by atoms with E-state index in [0.717, 1.165) is 95.1 Å². The second-order valence-electron chi connectivity index (χ2n) is 21.4. The van der Waals surface area contributed by atoms with Gasteiger partial charge in [-0.3, -0.25) is 0 Å². The van der Waals surface area contributed by atoms with Crippen LogP contribution in [0.1, 0.15) is 200 Å². The molecule has 4 aliphatic rings. The lowest BCUT2D eigenvalue weighted by Gasteiger charge is -2.35. The van der Waals surface area contributed by atoms with Crippen molar-refractivity contribution in [3.05, 3.63) is 0 Å². The Hall–Kier alpha value is -0.510. The van der Waals surface area contributed by atoms with Gasteiger partial charge in [0.1, 0.15) is 11.3 Å². The van der Waals surface area contributed by atoms with Crippen molar-refractivity contribution >= 4 is 0 Å². The summed E-state index contributed by atoms with van der Waals surface area (Å²) in [4.78, 5) is 4.65. The van der Waals surface area contributed by atoms with Crippen LogP contribution < -0.4 is 0 Å². The van der Waals surface area contributed by atoms with Gasteiger partial charge in [0.05, 0.1) is 13.2 Å². The zero-order valence-corrected chi connectivity index (χ0v) is 41.9. The Morgan fingerprint density at radius 2 is 0.932 bits per heavy atom. The van der Waals surface area contributed by atoms with Crippen LogP contribution in [0.4, 0.5) is 22.0 Å².